The summed E-state index contributed by atoms with van der Waals surface area (Å²) in [6.07, 6.45) is 2.04. The summed E-state index contributed by atoms with van der Waals surface area (Å²) in [5, 5.41) is 0. The Bertz CT molecular complexity index is 417. The second kappa shape index (κ2) is 6.83. The van der Waals surface area contributed by atoms with Crippen LogP contribution in [0.3, 0.4) is 0 Å². The molecule has 0 saturated carbocycles. The molecule has 0 aliphatic carbocycles. The van der Waals surface area contributed by atoms with Crippen molar-refractivity contribution in [2.75, 3.05) is 6.61 Å². The number of rotatable bonds is 6. The summed E-state index contributed by atoms with van der Waals surface area (Å²) in [7, 11) is 0. The van der Waals surface area contributed by atoms with E-state index >= 15 is 0 Å². The molecule has 5 heteroatoms. The summed E-state index contributed by atoms with van der Waals surface area (Å²) in [5.74, 6) is -2.34. The van der Waals surface area contributed by atoms with Crippen LogP contribution >= 0.6 is 0 Å². The van der Waals surface area contributed by atoms with Crippen molar-refractivity contribution in [2.24, 2.45) is 5.92 Å². The van der Waals surface area contributed by atoms with Crippen molar-refractivity contribution >= 4 is 11.8 Å². The fourth-order valence-corrected chi connectivity index (χ4v) is 1.59. The summed E-state index contributed by atoms with van der Waals surface area (Å²) in [6, 6.07) is 2.42. The van der Waals surface area contributed by atoms with Crippen molar-refractivity contribution in [3.63, 3.8) is 0 Å². The van der Waals surface area contributed by atoms with Crippen molar-refractivity contribution in [1.29, 1.82) is 0 Å². The van der Waals surface area contributed by atoms with Crippen LogP contribution in [-0.4, -0.2) is 23.3 Å². The zero-order valence-corrected chi connectivity index (χ0v) is 10.5. The first-order valence-corrected chi connectivity index (χ1v) is 5.92. The van der Waals surface area contributed by atoms with Gasteiger partial charge < -0.3 is 4.74 Å². The predicted molar refractivity (Wildman–Crippen MR) is 63.6 cm³/mol. The van der Waals surface area contributed by atoms with E-state index in [1.807, 2.05) is 6.92 Å². The van der Waals surface area contributed by atoms with Gasteiger partial charge in [-0.2, -0.15) is 0 Å². The Morgan fingerprint density at radius 1 is 1.39 bits per heavy atom. The van der Waals surface area contributed by atoms with Crippen LogP contribution < -0.4 is 0 Å². The maximum atomic E-state index is 12.7. The van der Waals surface area contributed by atoms with Gasteiger partial charge in [0.25, 0.3) is 0 Å². The minimum atomic E-state index is -0.854. The molecule has 18 heavy (non-hydrogen) atoms. The lowest BCUT2D eigenvalue weighted by Crippen LogP contribution is -2.27. The summed E-state index contributed by atoms with van der Waals surface area (Å²) < 4.78 is 17.6. The minimum Gasteiger partial charge on any atom is -0.465 e. The van der Waals surface area contributed by atoms with Crippen LogP contribution in [0.2, 0.25) is 0 Å². The smallest absolute Gasteiger partial charge is 0.316 e. The normalized spacial score (nSPS) is 11.9. The third-order valence-corrected chi connectivity index (χ3v) is 2.44. The molecule has 0 fully saturated rings. The van der Waals surface area contributed by atoms with Crippen molar-refractivity contribution < 1.29 is 18.7 Å². The van der Waals surface area contributed by atoms with Crippen molar-refractivity contribution in [3.8, 4) is 0 Å². The van der Waals surface area contributed by atoms with E-state index in [0.717, 1.165) is 12.3 Å². The molecule has 1 aromatic heterocycles. The van der Waals surface area contributed by atoms with Gasteiger partial charge in [0.2, 0.25) is 0 Å². The first-order valence-electron chi connectivity index (χ1n) is 5.92. The second-order valence-corrected chi connectivity index (χ2v) is 3.82. The molecule has 0 spiro atoms. The Labute approximate surface area is 105 Å². The number of hydrogen-bond acceptors (Lipinski definition) is 4. The van der Waals surface area contributed by atoms with Gasteiger partial charge in [-0.15, -0.1) is 0 Å². The number of ketones is 1. The van der Waals surface area contributed by atoms with E-state index in [4.69, 9.17) is 4.74 Å². The largest absolute Gasteiger partial charge is 0.465 e. The molecule has 1 aromatic rings. The highest BCUT2D eigenvalue weighted by molar-refractivity contribution is 6.07. The van der Waals surface area contributed by atoms with Gasteiger partial charge in [-0.05, 0) is 25.5 Å². The summed E-state index contributed by atoms with van der Waals surface area (Å²) in [4.78, 5) is 27.4. The van der Waals surface area contributed by atoms with Crippen LogP contribution in [0.15, 0.2) is 18.3 Å². The average molecular weight is 253 g/mol. The zero-order valence-electron chi connectivity index (χ0n) is 10.5. The number of carbonyl (C=O) groups excluding carboxylic acids is 2. The van der Waals surface area contributed by atoms with Crippen molar-refractivity contribution in [2.45, 2.75) is 26.7 Å². The Morgan fingerprint density at radius 2 is 2.11 bits per heavy atom. The van der Waals surface area contributed by atoms with Crippen LogP contribution in [0.4, 0.5) is 4.39 Å². The molecule has 4 nitrogen and oxygen atoms in total. The molecule has 0 aromatic carbocycles. The molecule has 0 aliphatic rings. The van der Waals surface area contributed by atoms with Gasteiger partial charge in [0, 0.05) is 0 Å². The molecule has 1 heterocycles. The number of pyridine rings is 1. The Morgan fingerprint density at radius 3 is 2.61 bits per heavy atom. The second-order valence-electron chi connectivity index (χ2n) is 3.82. The number of ether oxygens (including phenoxy) is 1. The fourth-order valence-electron chi connectivity index (χ4n) is 1.59. The lowest BCUT2D eigenvalue weighted by Gasteiger charge is -2.12. The van der Waals surface area contributed by atoms with Gasteiger partial charge in [-0.25, -0.2) is 4.39 Å². The van der Waals surface area contributed by atoms with E-state index in [2.05, 4.69) is 4.98 Å². The maximum Gasteiger partial charge on any atom is 0.316 e. The standard InChI is InChI=1S/C13H16FNO3/c1-3-5-10(13(17)18-4-2)12(16)11-7-6-9(14)8-15-11/h6-8,10H,3-5H2,1-2H3. The van der Waals surface area contributed by atoms with Crippen molar-refractivity contribution in [3.05, 3.63) is 29.8 Å². The number of nitrogens with zero attached hydrogens (tertiary/aromatic N) is 1. The van der Waals surface area contributed by atoms with E-state index in [-0.39, 0.29) is 12.3 Å². The third kappa shape index (κ3) is 3.61. The van der Waals surface area contributed by atoms with Crippen LogP contribution in [-0.2, 0) is 9.53 Å². The van der Waals surface area contributed by atoms with Crippen LogP contribution in [0.5, 0.6) is 0 Å². The lowest BCUT2D eigenvalue weighted by molar-refractivity contribution is -0.146. The van der Waals surface area contributed by atoms with Crippen LogP contribution in [0.1, 0.15) is 37.2 Å². The highest BCUT2D eigenvalue weighted by Gasteiger charge is 2.28. The number of halogens is 1. The highest BCUT2D eigenvalue weighted by Crippen LogP contribution is 2.15. The molecule has 1 rings (SSSR count). The van der Waals surface area contributed by atoms with Crippen LogP contribution in [0, 0.1) is 11.7 Å². The molecule has 1 atom stereocenters. The van der Waals surface area contributed by atoms with E-state index < -0.39 is 23.5 Å². The molecular formula is C13H16FNO3. The molecule has 0 amide bonds. The number of esters is 1. The molecular weight excluding hydrogens is 237 g/mol. The molecule has 0 saturated heterocycles. The quantitative estimate of drug-likeness (QED) is 0.443. The first-order chi connectivity index (χ1) is 8.60. The monoisotopic (exact) mass is 253 g/mol. The van der Waals surface area contributed by atoms with Crippen molar-refractivity contribution in [1.82, 2.24) is 4.98 Å². The van der Waals surface area contributed by atoms with E-state index in [1.54, 1.807) is 6.92 Å². The van der Waals surface area contributed by atoms with Crippen LogP contribution in [0.25, 0.3) is 0 Å². The Balaban J connectivity index is 2.88. The topological polar surface area (TPSA) is 56.3 Å². The Hall–Kier alpha value is -1.78. The third-order valence-electron chi connectivity index (χ3n) is 2.44. The lowest BCUT2D eigenvalue weighted by atomic mass is 9.96. The van der Waals surface area contributed by atoms with Gasteiger partial charge in [0.15, 0.2) is 5.78 Å². The van der Waals surface area contributed by atoms with Gasteiger partial charge in [0.1, 0.15) is 17.4 Å². The van der Waals surface area contributed by atoms with Gasteiger partial charge >= 0.3 is 5.97 Å². The van der Waals surface area contributed by atoms with E-state index in [0.29, 0.717) is 12.8 Å². The molecule has 0 radical (unpaired) electrons. The highest BCUT2D eigenvalue weighted by atomic mass is 19.1. The van der Waals surface area contributed by atoms with Gasteiger partial charge in [-0.3, -0.25) is 14.6 Å². The number of hydrogen-bond donors (Lipinski definition) is 0. The molecule has 1 unspecified atom stereocenters. The van der Waals surface area contributed by atoms with Gasteiger partial charge in [-0.1, -0.05) is 13.3 Å². The average Bonchev–Trinajstić information content (AvgIpc) is 2.36. The number of aromatic nitrogens is 1. The number of Topliss-reactive ketones (excluding diaryl/α,β-unsaturated/α-hetero) is 1. The molecule has 0 aliphatic heterocycles. The first kappa shape index (κ1) is 14.3. The summed E-state index contributed by atoms with van der Waals surface area (Å²) >= 11 is 0. The fraction of sp³-hybridized carbons (Fsp3) is 0.462. The Kier molecular flexibility index (Phi) is 5.42. The molecule has 0 bridgehead atoms. The predicted octanol–water partition coefficient (Wildman–Crippen LogP) is 2.38. The van der Waals surface area contributed by atoms with Gasteiger partial charge in [0.05, 0.1) is 12.8 Å². The summed E-state index contributed by atoms with van der Waals surface area (Å²) in [6.45, 7) is 3.78. The summed E-state index contributed by atoms with van der Waals surface area (Å²) in [5.41, 5.74) is 0.0860. The van der Waals surface area contributed by atoms with E-state index in [1.165, 1.54) is 6.07 Å². The molecule has 98 valence electrons. The van der Waals surface area contributed by atoms with E-state index in [9.17, 15) is 14.0 Å². The zero-order chi connectivity index (χ0) is 13.5. The molecule has 0 N–H and O–H groups in total. The maximum absolute atomic E-state index is 12.7. The SMILES string of the molecule is CCCC(C(=O)OCC)C(=O)c1ccc(F)cn1. The number of carbonyl (C=O) groups is 2. The minimum absolute atomic E-state index is 0.0860.